The van der Waals surface area contributed by atoms with Crippen molar-refractivity contribution >= 4 is 12.0 Å². The zero-order valence-corrected chi connectivity index (χ0v) is 15.0. The van der Waals surface area contributed by atoms with E-state index in [-0.39, 0.29) is 11.8 Å². The van der Waals surface area contributed by atoms with E-state index >= 15 is 0 Å². The number of aromatic nitrogens is 2. The minimum absolute atomic E-state index is 0.0276. The SMILES string of the molecule is COc1ccc(CN(C)c2nc(O/N=C/c3ccccc3)ncc2F)cc1. The Hall–Kier alpha value is -3.48. The highest BCUT2D eigenvalue weighted by Crippen LogP contribution is 2.20. The maximum Gasteiger partial charge on any atom is 0.347 e. The summed E-state index contributed by atoms with van der Waals surface area (Å²) in [6.45, 7) is 0.463. The highest BCUT2D eigenvalue weighted by atomic mass is 19.1. The maximum atomic E-state index is 14.1. The van der Waals surface area contributed by atoms with E-state index in [2.05, 4.69) is 15.1 Å². The van der Waals surface area contributed by atoms with Gasteiger partial charge in [0.25, 0.3) is 0 Å². The van der Waals surface area contributed by atoms with E-state index in [1.807, 2.05) is 54.6 Å². The second kappa shape index (κ2) is 8.75. The van der Waals surface area contributed by atoms with Crippen molar-refractivity contribution in [2.24, 2.45) is 5.16 Å². The van der Waals surface area contributed by atoms with Gasteiger partial charge in [-0.2, -0.15) is 9.97 Å². The van der Waals surface area contributed by atoms with Gasteiger partial charge in [-0.15, -0.1) is 0 Å². The lowest BCUT2D eigenvalue weighted by molar-refractivity contribution is 0.313. The molecule has 0 unspecified atom stereocenters. The summed E-state index contributed by atoms with van der Waals surface area (Å²) in [5.74, 6) is 0.359. The molecule has 27 heavy (non-hydrogen) atoms. The minimum atomic E-state index is -0.537. The molecule has 3 rings (SSSR count). The van der Waals surface area contributed by atoms with Gasteiger partial charge in [0.15, 0.2) is 11.6 Å². The van der Waals surface area contributed by atoms with Crippen LogP contribution in [-0.2, 0) is 6.54 Å². The lowest BCUT2D eigenvalue weighted by Crippen LogP contribution is -2.19. The highest BCUT2D eigenvalue weighted by Gasteiger charge is 2.13. The number of halogens is 1. The van der Waals surface area contributed by atoms with E-state index < -0.39 is 5.82 Å². The summed E-state index contributed by atoms with van der Waals surface area (Å²) in [4.78, 5) is 14.8. The normalized spacial score (nSPS) is 10.8. The predicted molar refractivity (Wildman–Crippen MR) is 102 cm³/mol. The molecule has 0 aliphatic rings. The second-order valence-corrected chi connectivity index (χ2v) is 5.76. The standard InChI is InChI=1S/C20H19FN4O2/c1-25(14-16-8-10-17(26-2)11-9-16)19-18(21)13-22-20(24-19)27-23-12-15-6-4-3-5-7-15/h3-13H,14H2,1-2H3/b23-12+. The van der Waals surface area contributed by atoms with Crippen LogP contribution in [0.1, 0.15) is 11.1 Å². The summed E-state index contributed by atoms with van der Waals surface area (Å²) in [7, 11) is 3.35. The van der Waals surface area contributed by atoms with Crippen LogP contribution in [0.25, 0.3) is 0 Å². The Morgan fingerprint density at radius 2 is 1.85 bits per heavy atom. The molecular weight excluding hydrogens is 347 g/mol. The molecule has 138 valence electrons. The van der Waals surface area contributed by atoms with Crippen LogP contribution in [0.15, 0.2) is 65.9 Å². The number of methoxy groups -OCH3 is 1. The number of benzene rings is 2. The Morgan fingerprint density at radius 1 is 1.11 bits per heavy atom. The first-order valence-corrected chi connectivity index (χ1v) is 8.28. The van der Waals surface area contributed by atoms with Gasteiger partial charge in [-0.1, -0.05) is 47.6 Å². The molecule has 0 saturated heterocycles. The number of ether oxygens (including phenoxy) is 1. The third kappa shape index (κ3) is 5.01. The fourth-order valence-electron chi connectivity index (χ4n) is 2.41. The van der Waals surface area contributed by atoms with Crippen molar-refractivity contribution in [1.82, 2.24) is 9.97 Å². The van der Waals surface area contributed by atoms with Gasteiger partial charge < -0.3 is 14.5 Å². The summed E-state index contributed by atoms with van der Waals surface area (Å²) >= 11 is 0. The van der Waals surface area contributed by atoms with Crippen molar-refractivity contribution in [1.29, 1.82) is 0 Å². The summed E-state index contributed by atoms with van der Waals surface area (Å²) < 4.78 is 19.3. The maximum absolute atomic E-state index is 14.1. The summed E-state index contributed by atoms with van der Waals surface area (Å²) in [5.41, 5.74) is 1.86. The number of hydrogen-bond donors (Lipinski definition) is 0. The van der Waals surface area contributed by atoms with Gasteiger partial charge in [-0.25, -0.2) is 4.39 Å². The number of oxime groups is 1. The molecule has 1 aromatic heterocycles. The third-order valence-electron chi connectivity index (χ3n) is 3.78. The first-order chi connectivity index (χ1) is 13.2. The largest absolute Gasteiger partial charge is 0.497 e. The van der Waals surface area contributed by atoms with Gasteiger partial charge in [0.2, 0.25) is 0 Å². The Balaban J connectivity index is 1.69. The Morgan fingerprint density at radius 3 is 2.56 bits per heavy atom. The first-order valence-electron chi connectivity index (χ1n) is 8.28. The van der Waals surface area contributed by atoms with Gasteiger partial charge in [0.1, 0.15) is 5.75 Å². The molecule has 0 aliphatic heterocycles. The van der Waals surface area contributed by atoms with Crippen LogP contribution >= 0.6 is 0 Å². The van der Waals surface area contributed by atoms with Crippen LogP contribution in [0.3, 0.4) is 0 Å². The molecule has 1 heterocycles. The van der Waals surface area contributed by atoms with E-state index in [4.69, 9.17) is 9.57 Å². The van der Waals surface area contributed by atoms with E-state index in [1.165, 1.54) is 6.21 Å². The third-order valence-corrected chi connectivity index (χ3v) is 3.78. The average molecular weight is 366 g/mol. The van der Waals surface area contributed by atoms with Crippen LogP contribution in [0.4, 0.5) is 10.2 Å². The summed E-state index contributed by atoms with van der Waals surface area (Å²) in [6, 6.07) is 17.0. The summed E-state index contributed by atoms with van der Waals surface area (Å²) in [6.07, 6.45) is 2.60. The number of rotatable bonds is 7. The molecule has 0 N–H and O–H groups in total. The molecular formula is C20H19FN4O2. The molecule has 0 spiro atoms. The number of anilines is 1. The fraction of sp³-hybridized carbons (Fsp3) is 0.150. The second-order valence-electron chi connectivity index (χ2n) is 5.76. The van der Waals surface area contributed by atoms with E-state index in [9.17, 15) is 4.39 Å². The molecule has 0 aliphatic carbocycles. The molecule has 0 fully saturated rings. The quantitative estimate of drug-likeness (QED) is 0.472. The molecule has 0 saturated carbocycles. The number of nitrogens with zero attached hydrogens (tertiary/aromatic N) is 4. The van der Waals surface area contributed by atoms with Gasteiger partial charge >= 0.3 is 6.01 Å². The monoisotopic (exact) mass is 366 g/mol. The van der Waals surface area contributed by atoms with Crippen LogP contribution < -0.4 is 14.5 Å². The van der Waals surface area contributed by atoms with Crippen molar-refractivity contribution in [3.05, 3.63) is 77.7 Å². The lowest BCUT2D eigenvalue weighted by atomic mass is 10.2. The first kappa shape index (κ1) is 18.3. The fourth-order valence-corrected chi connectivity index (χ4v) is 2.41. The smallest absolute Gasteiger partial charge is 0.347 e. The van der Waals surface area contributed by atoms with Crippen molar-refractivity contribution in [3.63, 3.8) is 0 Å². The minimum Gasteiger partial charge on any atom is -0.497 e. The lowest BCUT2D eigenvalue weighted by Gasteiger charge is -2.18. The topological polar surface area (TPSA) is 59.8 Å². The van der Waals surface area contributed by atoms with Crippen LogP contribution in [-0.4, -0.2) is 30.3 Å². The molecule has 6 nitrogen and oxygen atoms in total. The van der Waals surface area contributed by atoms with Gasteiger partial charge in [-0.3, -0.25) is 0 Å². The van der Waals surface area contributed by atoms with E-state index in [0.717, 1.165) is 23.1 Å². The summed E-state index contributed by atoms with van der Waals surface area (Å²) in [5, 5.41) is 3.84. The molecule has 2 aromatic carbocycles. The molecule has 0 radical (unpaired) electrons. The highest BCUT2D eigenvalue weighted by molar-refractivity contribution is 5.78. The van der Waals surface area contributed by atoms with Gasteiger partial charge in [-0.05, 0) is 23.3 Å². The average Bonchev–Trinajstić information content (AvgIpc) is 2.70. The van der Waals surface area contributed by atoms with Crippen molar-refractivity contribution in [2.75, 3.05) is 19.1 Å². The van der Waals surface area contributed by atoms with E-state index in [0.29, 0.717) is 6.54 Å². The molecule has 0 atom stereocenters. The number of hydrogen-bond acceptors (Lipinski definition) is 6. The molecule has 0 amide bonds. The zero-order chi connectivity index (χ0) is 19.1. The molecule has 3 aromatic rings. The Kier molecular flexibility index (Phi) is 5.94. The predicted octanol–water partition coefficient (Wildman–Crippen LogP) is 3.67. The zero-order valence-electron chi connectivity index (χ0n) is 15.0. The van der Waals surface area contributed by atoms with Crippen molar-refractivity contribution in [3.8, 4) is 11.8 Å². The van der Waals surface area contributed by atoms with Crippen LogP contribution in [0, 0.1) is 5.82 Å². The molecule has 0 bridgehead atoms. The molecule has 7 heteroatoms. The Bertz CT molecular complexity index is 902. The van der Waals surface area contributed by atoms with E-state index in [1.54, 1.807) is 19.1 Å². The van der Waals surface area contributed by atoms with Crippen molar-refractivity contribution in [2.45, 2.75) is 6.54 Å². The van der Waals surface area contributed by atoms with Crippen LogP contribution in [0.5, 0.6) is 11.8 Å². The Labute approximate surface area is 156 Å². The van der Waals surface area contributed by atoms with Gasteiger partial charge in [0.05, 0.1) is 19.5 Å². The van der Waals surface area contributed by atoms with Crippen LogP contribution in [0.2, 0.25) is 0 Å². The van der Waals surface area contributed by atoms with Gasteiger partial charge in [0, 0.05) is 13.6 Å². The van der Waals surface area contributed by atoms with Crippen molar-refractivity contribution < 1.29 is 14.0 Å².